The van der Waals surface area contributed by atoms with E-state index in [1.165, 1.54) is 0 Å². The summed E-state index contributed by atoms with van der Waals surface area (Å²) in [5, 5.41) is 29.0. The van der Waals surface area contributed by atoms with Crippen molar-refractivity contribution in [2.75, 3.05) is 6.54 Å². The number of ether oxygens (including phenoxy) is 1. The first-order valence-corrected chi connectivity index (χ1v) is 7.57. The van der Waals surface area contributed by atoms with Crippen molar-refractivity contribution in [2.45, 2.75) is 38.5 Å². The summed E-state index contributed by atoms with van der Waals surface area (Å²) in [5.74, 6) is 1.07. The lowest BCUT2D eigenvalue weighted by Crippen LogP contribution is -2.54. The van der Waals surface area contributed by atoms with Crippen LogP contribution >= 0.6 is 0 Å². The Hall–Kier alpha value is -2.83. The lowest BCUT2D eigenvalue weighted by Gasteiger charge is -2.46. The van der Waals surface area contributed by atoms with Crippen molar-refractivity contribution in [2.24, 2.45) is 4.99 Å². The van der Waals surface area contributed by atoms with E-state index in [4.69, 9.17) is 10.00 Å². The molecule has 0 saturated heterocycles. The molecule has 1 aromatic rings. The van der Waals surface area contributed by atoms with Gasteiger partial charge >= 0.3 is 0 Å². The van der Waals surface area contributed by atoms with Crippen LogP contribution in [0.5, 0.6) is 5.75 Å². The second-order valence-corrected chi connectivity index (χ2v) is 6.16. The fraction of sp³-hybridized carbons (Fsp3) is 0.389. The van der Waals surface area contributed by atoms with Crippen LogP contribution in [0.25, 0.3) is 0 Å². The molecule has 0 fully saturated rings. The van der Waals surface area contributed by atoms with E-state index in [1.54, 1.807) is 56.1 Å². The van der Waals surface area contributed by atoms with Gasteiger partial charge in [-0.15, -0.1) is 6.58 Å². The number of amidine groups is 1. The summed E-state index contributed by atoms with van der Waals surface area (Å²) in [7, 11) is 0. The molecule has 2 rings (SSSR count). The van der Waals surface area contributed by atoms with E-state index >= 15 is 0 Å². The topological polar surface area (TPSA) is 92.6 Å². The number of aliphatic imine (C=N–C) groups is 1. The molecular weight excluding hydrogens is 304 g/mol. The van der Waals surface area contributed by atoms with Gasteiger partial charge in [-0.05, 0) is 39.0 Å². The van der Waals surface area contributed by atoms with Gasteiger partial charge < -0.3 is 14.7 Å². The fourth-order valence-corrected chi connectivity index (χ4v) is 2.90. The average Bonchev–Trinajstić information content (AvgIpc) is 2.54. The molecule has 0 aromatic heterocycles. The van der Waals surface area contributed by atoms with Crippen LogP contribution in [-0.2, 0) is 0 Å². The molecule has 1 aliphatic rings. The molecule has 1 aliphatic heterocycles. The van der Waals surface area contributed by atoms with Crippen LogP contribution in [-0.4, -0.2) is 34.1 Å². The van der Waals surface area contributed by atoms with Gasteiger partial charge in [-0.25, -0.2) is 0 Å². The van der Waals surface area contributed by atoms with Crippen LogP contribution in [0.15, 0.2) is 35.8 Å². The fourth-order valence-electron chi connectivity index (χ4n) is 2.90. The minimum Gasteiger partial charge on any atom is -0.485 e. The van der Waals surface area contributed by atoms with E-state index in [2.05, 4.69) is 17.6 Å². The van der Waals surface area contributed by atoms with Crippen molar-refractivity contribution >= 4 is 5.84 Å². The summed E-state index contributed by atoms with van der Waals surface area (Å²) in [6.07, 6.45) is 2.57. The van der Waals surface area contributed by atoms with Crippen molar-refractivity contribution in [3.8, 4) is 18.0 Å². The van der Waals surface area contributed by atoms with Gasteiger partial charge in [0.15, 0.2) is 0 Å². The van der Waals surface area contributed by atoms with Gasteiger partial charge in [-0.1, -0.05) is 6.08 Å². The first kappa shape index (κ1) is 17.5. The zero-order valence-corrected chi connectivity index (χ0v) is 14.0. The predicted molar refractivity (Wildman–Crippen MR) is 90.2 cm³/mol. The number of aliphatic hydroxyl groups is 1. The monoisotopic (exact) mass is 324 g/mol. The predicted octanol–water partition coefficient (Wildman–Crippen LogP) is 2.52. The third-order valence-electron chi connectivity index (χ3n) is 4.13. The molecule has 0 saturated carbocycles. The van der Waals surface area contributed by atoms with Crippen molar-refractivity contribution in [3.05, 3.63) is 42.0 Å². The summed E-state index contributed by atoms with van der Waals surface area (Å²) in [4.78, 5) is 5.60. The lowest BCUT2D eigenvalue weighted by atomic mass is 9.85. The van der Waals surface area contributed by atoms with Crippen LogP contribution in [0, 0.1) is 22.8 Å². The number of hydrogen-bond donors (Lipinski definition) is 1. The SMILES string of the molecule is C=CCN(C(C)=NC#N)[C@@H]1c2cc(C#N)ccc2OC(C)(C)[C@H]1O. The normalized spacial score (nSPS) is 21.7. The Morgan fingerprint density at radius 1 is 1.50 bits per heavy atom. The first-order chi connectivity index (χ1) is 11.4. The second-order valence-electron chi connectivity index (χ2n) is 6.16. The Kier molecular flexibility index (Phi) is 4.92. The average molecular weight is 324 g/mol. The molecule has 0 aliphatic carbocycles. The smallest absolute Gasteiger partial charge is 0.207 e. The second kappa shape index (κ2) is 6.74. The Bertz CT molecular complexity index is 755. The third-order valence-corrected chi connectivity index (χ3v) is 4.13. The van der Waals surface area contributed by atoms with E-state index in [9.17, 15) is 10.4 Å². The van der Waals surface area contributed by atoms with E-state index < -0.39 is 17.7 Å². The minimum absolute atomic E-state index is 0.394. The van der Waals surface area contributed by atoms with Gasteiger partial charge in [-0.2, -0.15) is 15.5 Å². The summed E-state index contributed by atoms with van der Waals surface area (Å²) < 4.78 is 5.91. The minimum atomic E-state index is -0.886. The molecule has 24 heavy (non-hydrogen) atoms. The molecular formula is C18H20N4O2. The summed E-state index contributed by atoms with van der Waals surface area (Å²) in [6, 6.07) is 6.71. The summed E-state index contributed by atoms with van der Waals surface area (Å²) in [5.41, 5.74) is 0.330. The number of aliphatic hydroxyl groups excluding tert-OH is 1. The van der Waals surface area contributed by atoms with Gasteiger partial charge in [0.25, 0.3) is 0 Å². The zero-order chi connectivity index (χ0) is 17.9. The van der Waals surface area contributed by atoms with E-state index in [-0.39, 0.29) is 0 Å². The molecule has 0 unspecified atom stereocenters. The molecule has 1 heterocycles. The van der Waals surface area contributed by atoms with Crippen molar-refractivity contribution in [3.63, 3.8) is 0 Å². The van der Waals surface area contributed by atoms with E-state index in [0.29, 0.717) is 29.3 Å². The largest absolute Gasteiger partial charge is 0.485 e. The van der Waals surface area contributed by atoms with Crippen LogP contribution in [0.4, 0.5) is 0 Å². The number of benzene rings is 1. The molecule has 124 valence electrons. The Labute approximate surface area is 141 Å². The maximum Gasteiger partial charge on any atom is 0.207 e. The molecule has 0 radical (unpaired) electrons. The highest BCUT2D eigenvalue weighted by Crippen LogP contribution is 2.43. The highest BCUT2D eigenvalue weighted by Gasteiger charge is 2.45. The van der Waals surface area contributed by atoms with Crippen molar-refractivity contribution < 1.29 is 9.84 Å². The number of hydrogen-bond acceptors (Lipinski definition) is 5. The molecule has 1 N–H and O–H groups in total. The van der Waals surface area contributed by atoms with Crippen LogP contribution in [0.3, 0.4) is 0 Å². The van der Waals surface area contributed by atoms with E-state index in [0.717, 1.165) is 0 Å². The van der Waals surface area contributed by atoms with Crippen LogP contribution in [0.2, 0.25) is 0 Å². The van der Waals surface area contributed by atoms with Gasteiger partial charge in [0.2, 0.25) is 6.19 Å². The van der Waals surface area contributed by atoms with Gasteiger partial charge in [0.1, 0.15) is 23.3 Å². The van der Waals surface area contributed by atoms with Crippen LogP contribution < -0.4 is 4.74 Å². The summed E-state index contributed by atoms with van der Waals surface area (Å²) >= 11 is 0. The molecule has 2 atom stereocenters. The molecule has 6 heteroatoms. The maximum absolute atomic E-state index is 10.9. The molecule has 0 spiro atoms. The Balaban J connectivity index is 2.65. The highest BCUT2D eigenvalue weighted by atomic mass is 16.5. The Morgan fingerprint density at radius 3 is 2.79 bits per heavy atom. The summed E-state index contributed by atoms with van der Waals surface area (Å²) in [6.45, 7) is 9.44. The molecule has 6 nitrogen and oxygen atoms in total. The maximum atomic E-state index is 10.9. The first-order valence-electron chi connectivity index (χ1n) is 7.57. The number of fused-ring (bicyclic) bond motifs is 1. The van der Waals surface area contributed by atoms with Gasteiger partial charge in [0, 0.05) is 12.1 Å². The van der Waals surface area contributed by atoms with Gasteiger partial charge in [-0.3, -0.25) is 0 Å². The quantitative estimate of drug-likeness (QED) is 0.399. The van der Waals surface area contributed by atoms with Crippen molar-refractivity contribution in [1.82, 2.24) is 4.90 Å². The Morgan fingerprint density at radius 2 is 2.21 bits per heavy atom. The number of nitriles is 2. The molecule has 1 aromatic carbocycles. The standard InChI is InChI=1S/C18H20N4O2/c1-5-8-22(12(2)21-11-20)16-14-9-13(10-19)6-7-15(14)24-18(3,4)17(16)23/h5-7,9,16-17,23H,1,8H2,2-4H3/t16-,17+/m1/s1. The van der Waals surface area contributed by atoms with Crippen LogP contribution in [0.1, 0.15) is 37.9 Å². The number of nitrogens with zero attached hydrogens (tertiary/aromatic N) is 4. The van der Waals surface area contributed by atoms with E-state index in [1.807, 2.05) is 0 Å². The molecule has 0 bridgehead atoms. The van der Waals surface area contributed by atoms with Gasteiger partial charge in [0.05, 0.1) is 17.7 Å². The lowest BCUT2D eigenvalue weighted by molar-refractivity contribution is -0.0803. The molecule has 0 amide bonds. The highest BCUT2D eigenvalue weighted by molar-refractivity contribution is 5.81. The zero-order valence-electron chi connectivity index (χ0n) is 14.0. The van der Waals surface area contributed by atoms with Crippen molar-refractivity contribution in [1.29, 1.82) is 10.5 Å². The third kappa shape index (κ3) is 3.10. The number of rotatable bonds is 3.